The van der Waals surface area contributed by atoms with Gasteiger partial charge < -0.3 is 4.74 Å². The molecule has 1 aliphatic rings. The van der Waals surface area contributed by atoms with Crippen molar-refractivity contribution in [2.45, 2.75) is 12.8 Å². The van der Waals surface area contributed by atoms with E-state index in [2.05, 4.69) is 16.6 Å². The van der Waals surface area contributed by atoms with Crippen molar-refractivity contribution < 1.29 is 9.53 Å². The number of benzene rings is 2. The van der Waals surface area contributed by atoms with E-state index in [-0.39, 0.29) is 5.57 Å². The predicted octanol–water partition coefficient (Wildman–Crippen LogP) is 3.07. The first-order valence-electron chi connectivity index (χ1n) is 7.92. The summed E-state index contributed by atoms with van der Waals surface area (Å²) in [5.41, 5.74) is 6.36. The maximum atomic E-state index is 12.2. The molecule has 2 aromatic rings. The number of hydrogen-bond donors (Lipinski definition) is 1. The minimum absolute atomic E-state index is 0.000740. The number of nitriles is 1. The zero-order chi connectivity index (χ0) is 17.6. The number of fused-ring (bicyclic) bond motifs is 1. The van der Waals surface area contributed by atoms with Crippen LogP contribution in [0.5, 0.6) is 5.75 Å². The molecule has 2 aromatic carbocycles. The molecule has 0 spiro atoms. The first-order chi connectivity index (χ1) is 12.2. The van der Waals surface area contributed by atoms with Crippen LogP contribution in [-0.2, 0) is 11.2 Å². The highest BCUT2D eigenvalue weighted by molar-refractivity contribution is 6.06. The number of carbonyl (C=O) groups excluding carboxylic acids is 1. The van der Waals surface area contributed by atoms with Gasteiger partial charge in [0.25, 0.3) is 5.91 Å². The average Bonchev–Trinajstić information content (AvgIpc) is 3.08. The second-order valence-electron chi connectivity index (χ2n) is 5.60. The molecule has 1 amide bonds. The second kappa shape index (κ2) is 7.45. The minimum Gasteiger partial charge on any atom is -0.497 e. The van der Waals surface area contributed by atoms with E-state index >= 15 is 0 Å². The third-order valence-corrected chi connectivity index (χ3v) is 4.04. The SMILES string of the molecule is COc1ccc(/C=C(\C#N)C(=O)N/N=C2/CCc3ccccc32)cc1. The molecule has 1 aliphatic carbocycles. The molecule has 0 saturated carbocycles. The summed E-state index contributed by atoms with van der Waals surface area (Å²) in [4.78, 5) is 12.2. The molecule has 124 valence electrons. The molecule has 3 rings (SSSR count). The van der Waals surface area contributed by atoms with Gasteiger partial charge in [0, 0.05) is 5.56 Å². The summed E-state index contributed by atoms with van der Waals surface area (Å²) in [6.45, 7) is 0. The number of hydrogen-bond acceptors (Lipinski definition) is 4. The number of aryl methyl sites for hydroxylation is 1. The highest BCUT2D eigenvalue weighted by Gasteiger charge is 2.17. The third-order valence-electron chi connectivity index (χ3n) is 4.04. The second-order valence-corrected chi connectivity index (χ2v) is 5.60. The van der Waals surface area contributed by atoms with Crippen molar-refractivity contribution in [3.05, 3.63) is 70.8 Å². The van der Waals surface area contributed by atoms with Crippen LogP contribution in [0.15, 0.2) is 59.2 Å². The Bertz CT molecular complexity index is 890. The van der Waals surface area contributed by atoms with Crippen LogP contribution in [0.25, 0.3) is 6.08 Å². The zero-order valence-corrected chi connectivity index (χ0v) is 13.8. The lowest BCUT2D eigenvalue weighted by Gasteiger charge is -2.03. The Morgan fingerprint density at radius 1 is 1.20 bits per heavy atom. The molecule has 0 radical (unpaired) electrons. The van der Waals surface area contributed by atoms with Crippen LogP contribution in [0.4, 0.5) is 0 Å². The number of methoxy groups -OCH3 is 1. The van der Waals surface area contributed by atoms with E-state index in [0.29, 0.717) is 5.75 Å². The average molecular weight is 331 g/mol. The van der Waals surface area contributed by atoms with Gasteiger partial charge >= 0.3 is 0 Å². The molecule has 0 saturated heterocycles. The summed E-state index contributed by atoms with van der Waals surface area (Å²) in [6.07, 6.45) is 3.22. The van der Waals surface area contributed by atoms with Gasteiger partial charge in [0.15, 0.2) is 0 Å². The van der Waals surface area contributed by atoms with Gasteiger partial charge in [0.05, 0.1) is 12.8 Å². The van der Waals surface area contributed by atoms with Crippen LogP contribution in [0, 0.1) is 11.3 Å². The smallest absolute Gasteiger partial charge is 0.282 e. The van der Waals surface area contributed by atoms with Crippen LogP contribution < -0.4 is 10.2 Å². The maximum absolute atomic E-state index is 12.2. The number of rotatable bonds is 4. The van der Waals surface area contributed by atoms with E-state index in [1.807, 2.05) is 24.3 Å². The minimum atomic E-state index is -0.518. The summed E-state index contributed by atoms with van der Waals surface area (Å²) in [5.74, 6) is 0.196. The summed E-state index contributed by atoms with van der Waals surface area (Å²) in [7, 11) is 1.58. The summed E-state index contributed by atoms with van der Waals surface area (Å²) >= 11 is 0. The van der Waals surface area contributed by atoms with Crippen LogP contribution >= 0.6 is 0 Å². The molecule has 0 atom stereocenters. The standard InChI is InChI=1S/C20H17N3O2/c1-25-17-9-6-14(7-10-17)12-16(13-21)20(24)23-22-19-11-8-15-4-2-3-5-18(15)19/h2-7,9-10,12H,8,11H2,1H3,(H,23,24)/b16-12+,22-19-. The first-order valence-corrected chi connectivity index (χ1v) is 7.92. The van der Waals surface area contributed by atoms with Crippen molar-refractivity contribution in [3.63, 3.8) is 0 Å². The lowest BCUT2D eigenvalue weighted by molar-refractivity contribution is -0.117. The fourth-order valence-corrected chi connectivity index (χ4v) is 2.72. The highest BCUT2D eigenvalue weighted by Crippen LogP contribution is 2.21. The molecular weight excluding hydrogens is 314 g/mol. The fraction of sp³-hybridized carbons (Fsp3) is 0.150. The van der Waals surface area contributed by atoms with Gasteiger partial charge in [-0.2, -0.15) is 10.4 Å². The van der Waals surface area contributed by atoms with Crippen molar-refractivity contribution >= 4 is 17.7 Å². The van der Waals surface area contributed by atoms with Gasteiger partial charge in [0.1, 0.15) is 17.4 Å². The van der Waals surface area contributed by atoms with Crippen LogP contribution in [-0.4, -0.2) is 18.7 Å². The van der Waals surface area contributed by atoms with Crippen LogP contribution in [0.3, 0.4) is 0 Å². The van der Waals surface area contributed by atoms with Crippen molar-refractivity contribution in [1.82, 2.24) is 5.43 Å². The Balaban J connectivity index is 1.74. The summed E-state index contributed by atoms with van der Waals surface area (Å²) in [5, 5.41) is 13.5. The molecule has 0 heterocycles. The van der Waals surface area contributed by atoms with Gasteiger partial charge in [-0.25, -0.2) is 5.43 Å². The van der Waals surface area contributed by atoms with Crippen molar-refractivity contribution in [2.24, 2.45) is 5.10 Å². The Morgan fingerprint density at radius 2 is 1.96 bits per heavy atom. The Kier molecular flexibility index (Phi) is 4.91. The molecule has 0 bridgehead atoms. The van der Waals surface area contributed by atoms with E-state index in [4.69, 9.17) is 4.74 Å². The Morgan fingerprint density at radius 3 is 2.68 bits per heavy atom. The first kappa shape index (κ1) is 16.5. The molecule has 5 nitrogen and oxygen atoms in total. The Hall–Kier alpha value is -3.39. The van der Waals surface area contributed by atoms with E-state index in [1.165, 1.54) is 11.6 Å². The van der Waals surface area contributed by atoms with Crippen molar-refractivity contribution in [1.29, 1.82) is 5.26 Å². The van der Waals surface area contributed by atoms with E-state index in [0.717, 1.165) is 29.7 Å². The summed E-state index contributed by atoms with van der Waals surface area (Å²) < 4.78 is 5.09. The molecule has 0 fully saturated rings. The zero-order valence-electron chi connectivity index (χ0n) is 13.8. The van der Waals surface area contributed by atoms with E-state index < -0.39 is 5.91 Å². The molecule has 25 heavy (non-hydrogen) atoms. The predicted molar refractivity (Wildman–Crippen MR) is 96.0 cm³/mol. The molecule has 0 unspecified atom stereocenters. The van der Waals surface area contributed by atoms with Crippen LogP contribution in [0.1, 0.15) is 23.1 Å². The van der Waals surface area contributed by atoms with E-state index in [9.17, 15) is 10.1 Å². The fourth-order valence-electron chi connectivity index (χ4n) is 2.72. The summed E-state index contributed by atoms with van der Waals surface area (Å²) in [6, 6.07) is 17.0. The largest absolute Gasteiger partial charge is 0.497 e. The number of nitrogens with zero attached hydrogens (tertiary/aromatic N) is 2. The number of nitrogens with one attached hydrogen (secondary N) is 1. The van der Waals surface area contributed by atoms with Gasteiger partial charge in [-0.1, -0.05) is 36.4 Å². The normalized spacial score (nSPS) is 14.7. The Labute approximate surface area is 146 Å². The van der Waals surface area contributed by atoms with Gasteiger partial charge in [-0.05, 0) is 42.2 Å². The van der Waals surface area contributed by atoms with E-state index in [1.54, 1.807) is 31.4 Å². The quantitative estimate of drug-likeness (QED) is 0.531. The molecule has 0 aromatic heterocycles. The monoisotopic (exact) mass is 331 g/mol. The van der Waals surface area contributed by atoms with Gasteiger partial charge in [-0.3, -0.25) is 4.79 Å². The van der Waals surface area contributed by atoms with Crippen molar-refractivity contribution in [2.75, 3.05) is 7.11 Å². The van der Waals surface area contributed by atoms with Gasteiger partial charge in [-0.15, -0.1) is 0 Å². The third kappa shape index (κ3) is 3.75. The molecule has 5 heteroatoms. The lowest BCUT2D eigenvalue weighted by Crippen LogP contribution is -2.20. The van der Waals surface area contributed by atoms with Crippen LogP contribution in [0.2, 0.25) is 0 Å². The lowest BCUT2D eigenvalue weighted by atomic mass is 10.1. The maximum Gasteiger partial charge on any atom is 0.282 e. The topological polar surface area (TPSA) is 74.5 Å². The van der Waals surface area contributed by atoms with Gasteiger partial charge in [0.2, 0.25) is 0 Å². The van der Waals surface area contributed by atoms with Crippen molar-refractivity contribution in [3.8, 4) is 11.8 Å². The molecule has 1 N–H and O–H groups in total. The number of amides is 1. The highest BCUT2D eigenvalue weighted by atomic mass is 16.5. The number of hydrazone groups is 1. The molecular formula is C20H17N3O2. The number of carbonyl (C=O) groups is 1. The molecule has 0 aliphatic heterocycles. The number of ether oxygens (including phenoxy) is 1.